The minimum absolute atomic E-state index is 0.112. The van der Waals surface area contributed by atoms with E-state index in [1.807, 2.05) is 27.7 Å². The second-order valence-electron chi connectivity index (χ2n) is 7.88. The molecule has 0 unspecified atom stereocenters. The molecule has 0 fully saturated rings. The van der Waals surface area contributed by atoms with Gasteiger partial charge in [-0.3, -0.25) is 10.3 Å². The van der Waals surface area contributed by atoms with E-state index in [-0.39, 0.29) is 16.6 Å². The lowest BCUT2D eigenvalue weighted by Crippen LogP contribution is -2.52. The summed E-state index contributed by atoms with van der Waals surface area (Å²) >= 11 is 0. The third kappa shape index (κ3) is 2.01. The van der Waals surface area contributed by atoms with Gasteiger partial charge in [-0.2, -0.15) is 5.06 Å². The third-order valence-corrected chi connectivity index (χ3v) is 4.64. The molecule has 107 valence electrons. The van der Waals surface area contributed by atoms with Gasteiger partial charge in [0.1, 0.15) is 0 Å². The van der Waals surface area contributed by atoms with Crippen molar-refractivity contribution < 1.29 is 5.21 Å². The van der Waals surface area contributed by atoms with Gasteiger partial charge in [-0.15, -0.1) is 0 Å². The number of rotatable bonds is 1. The van der Waals surface area contributed by atoms with Gasteiger partial charge in [0.15, 0.2) is 5.84 Å². The zero-order valence-electron chi connectivity index (χ0n) is 13.4. The van der Waals surface area contributed by atoms with Gasteiger partial charge in [0.25, 0.3) is 0 Å². The van der Waals surface area contributed by atoms with E-state index in [0.29, 0.717) is 5.84 Å². The molecule has 0 aliphatic carbocycles. The summed E-state index contributed by atoms with van der Waals surface area (Å²) in [5.41, 5.74) is -0.244. The molecule has 4 nitrogen and oxygen atoms in total. The predicted molar refractivity (Wildman–Crippen MR) is 77.5 cm³/mol. The van der Waals surface area contributed by atoms with Crippen LogP contribution < -0.4 is 5.32 Å². The predicted octanol–water partition coefficient (Wildman–Crippen LogP) is 2.69. The molecule has 0 bridgehead atoms. The highest BCUT2D eigenvalue weighted by Crippen LogP contribution is 2.41. The van der Waals surface area contributed by atoms with Crippen molar-refractivity contribution in [1.29, 1.82) is 0 Å². The van der Waals surface area contributed by atoms with Crippen LogP contribution in [0.5, 0.6) is 0 Å². The van der Waals surface area contributed by atoms with Gasteiger partial charge in [0.2, 0.25) is 0 Å². The van der Waals surface area contributed by atoms with Crippen molar-refractivity contribution in [3.63, 3.8) is 0 Å². The van der Waals surface area contributed by atoms with Gasteiger partial charge < -0.3 is 0 Å². The van der Waals surface area contributed by atoms with Crippen LogP contribution in [0.2, 0.25) is 0 Å². The van der Waals surface area contributed by atoms with Crippen molar-refractivity contribution in [3.05, 3.63) is 11.6 Å². The third-order valence-electron chi connectivity index (χ3n) is 4.64. The second kappa shape index (κ2) is 3.61. The Morgan fingerprint density at radius 3 is 1.89 bits per heavy atom. The number of nitrogens with zero attached hydrogens (tertiary/aromatic N) is 2. The van der Waals surface area contributed by atoms with E-state index < -0.39 is 5.54 Å². The Kier molecular flexibility index (Phi) is 2.76. The maximum Gasteiger partial charge on any atom is 0.157 e. The number of nitrogens with one attached hydrogen (secondary N) is 1. The Balaban J connectivity index is 2.50. The summed E-state index contributed by atoms with van der Waals surface area (Å²) in [6.07, 6.45) is 2.13. The average Bonchev–Trinajstić information content (AvgIpc) is 2.49. The molecule has 4 heteroatoms. The molecule has 2 rings (SSSR count). The molecule has 0 spiro atoms. The van der Waals surface area contributed by atoms with Crippen molar-refractivity contribution in [2.45, 2.75) is 77.5 Å². The second-order valence-corrected chi connectivity index (χ2v) is 7.88. The lowest BCUT2D eigenvalue weighted by atomic mass is 9.84. The van der Waals surface area contributed by atoms with Crippen LogP contribution >= 0.6 is 0 Å². The maximum absolute atomic E-state index is 12.6. The Morgan fingerprint density at radius 1 is 1.05 bits per heavy atom. The molecule has 2 aliphatic heterocycles. The van der Waals surface area contributed by atoms with Crippen LogP contribution in [0, 0.1) is 0 Å². The molecule has 0 atom stereocenters. The van der Waals surface area contributed by atoms with Crippen molar-refractivity contribution in [3.8, 4) is 0 Å². The fourth-order valence-electron chi connectivity index (χ4n) is 2.92. The minimum Gasteiger partial charge on any atom is -0.299 e. The zero-order chi connectivity index (χ0) is 14.9. The smallest absolute Gasteiger partial charge is 0.157 e. The largest absolute Gasteiger partial charge is 0.299 e. The highest BCUT2D eigenvalue weighted by atomic mass is 16.5. The quantitative estimate of drug-likeness (QED) is 0.791. The van der Waals surface area contributed by atoms with Crippen molar-refractivity contribution in [2.75, 3.05) is 0 Å². The van der Waals surface area contributed by atoms with Gasteiger partial charge in [-0.05, 0) is 55.4 Å². The molecule has 1 N–H and O–H groups in total. The van der Waals surface area contributed by atoms with E-state index in [0.717, 1.165) is 10.6 Å². The molecule has 0 aromatic carbocycles. The average molecular weight is 264 g/mol. The lowest BCUT2D eigenvalue weighted by molar-refractivity contribution is -0.158. The number of hydroxylamine groups is 2. The summed E-state index contributed by atoms with van der Waals surface area (Å²) in [6, 6.07) is 0. The summed E-state index contributed by atoms with van der Waals surface area (Å²) < 4.78 is 0. The normalized spacial score (nSPS) is 30.3. The van der Waals surface area contributed by atoms with Crippen LogP contribution in [0.25, 0.3) is 0 Å². The summed E-state index contributed by atoms with van der Waals surface area (Å²) in [4.78, 5) is 4.72. The summed E-state index contributed by atoms with van der Waals surface area (Å²) in [5, 5.41) is 17.3. The van der Waals surface area contributed by atoms with Gasteiger partial charge >= 0.3 is 0 Å². The molecule has 0 saturated heterocycles. The topological polar surface area (TPSA) is 47.5 Å². The van der Waals surface area contributed by atoms with Crippen LogP contribution in [0.1, 0.15) is 55.4 Å². The van der Waals surface area contributed by atoms with Crippen molar-refractivity contribution in [2.24, 2.45) is 4.99 Å². The summed E-state index contributed by atoms with van der Waals surface area (Å²) in [5.74, 6) is 0.582. The first-order chi connectivity index (χ1) is 8.30. The molecule has 0 amide bonds. The van der Waals surface area contributed by atoms with Crippen molar-refractivity contribution >= 4 is 5.84 Å². The molecule has 0 aromatic heterocycles. The number of hydrogen-bond acceptors (Lipinski definition) is 3. The van der Waals surface area contributed by atoms with Crippen LogP contribution in [0.15, 0.2) is 16.6 Å². The molecular formula is C15H26N3O. The fraction of sp³-hybridized carbons (Fsp3) is 0.800. The first-order valence-corrected chi connectivity index (χ1v) is 6.90. The van der Waals surface area contributed by atoms with E-state index in [4.69, 9.17) is 4.99 Å². The van der Waals surface area contributed by atoms with Gasteiger partial charge in [0.05, 0.1) is 11.1 Å². The van der Waals surface area contributed by atoms with E-state index in [1.54, 1.807) is 0 Å². The van der Waals surface area contributed by atoms with E-state index in [9.17, 15) is 5.21 Å². The highest BCUT2D eigenvalue weighted by molar-refractivity contribution is 6.02. The first kappa shape index (κ1) is 14.5. The monoisotopic (exact) mass is 264 g/mol. The number of hydrogen-bond donors (Lipinski definition) is 1. The Morgan fingerprint density at radius 2 is 1.58 bits per heavy atom. The van der Waals surface area contributed by atoms with Crippen LogP contribution in [0.3, 0.4) is 0 Å². The molecule has 0 saturated carbocycles. The van der Waals surface area contributed by atoms with Gasteiger partial charge in [-0.1, -0.05) is 11.3 Å². The lowest BCUT2D eigenvalue weighted by Gasteiger charge is -2.36. The van der Waals surface area contributed by atoms with Gasteiger partial charge in [0, 0.05) is 16.7 Å². The summed E-state index contributed by atoms with van der Waals surface area (Å²) in [7, 11) is 0. The molecule has 0 aromatic rings. The van der Waals surface area contributed by atoms with E-state index in [2.05, 4.69) is 39.1 Å². The van der Waals surface area contributed by atoms with Crippen LogP contribution in [-0.2, 0) is 5.21 Å². The molecule has 1 radical (unpaired) electrons. The SMILES string of the molecule is CC1(C)C=C(C2=NC(C)(C)C(C)(C)N2[O])C(C)(C)N1. The van der Waals surface area contributed by atoms with E-state index in [1.165, 1.54) is 0 Å². The fourth-order valence-corrected chi connectivity index (χ4v) is 2.92. The Hall–Kier alpha value is -0.870. The van der Waals surface area contributed by atoms with Crippen LogP contribution in [0.4, 0.5) is 0 Å². The number of amidine groups is 1. The molecule has 19 heavy (non-hydrogen) atoms. The standard InChI is InChI=1S/C15H26N3O/c1-12(2)9-10(13(3,4)17-12)11-16-14(5,6)15(7,8)18(11)19/h9,17H,1-8H3. The molecule has 2 aliphatic rings. The van der Waals surface area contributed by atoms with Crippen molar-refractivity contribution in [1.82, 2.24) is 10.4 Å². The summed E-state index contributed by atoms with van der Waals surface area (Å²) in [6.45, 7) is 16.4. The highest BCUT2D eigenvalue weighted by Gasteiger charge is 2.53. The molecular weight excluding hydrogens is 238 g/mol. The van der Waals surface area contributed by atoms with Crippen LogP contribution in [-0.4, -0.2) is 33.1 Å². The Labute approximate surface area is 116 Å². The van der Waals surface area contributed by atoms with Gasteiger partial charge in [-0.25, -0.2) is 0 Å². The number of aliphatic imine (C=N–C) groups is 1. The Bertz CT molecular complexity index is 470. The maximum atomic E-state index is 12.6. The van der Waals surface area contributed by atoms with E-state index >= 15 is 0 Å². The first-order valence-electron chi connectivity index (χ1n) is 6.90. The molecule has 2 heterocycles. The minimum atomic E-state index is -0.522. The zero-order valence-corrected chi connectivity index (χ0v) is 13.4.